The van der Waals surface area contributed by atoms with E-state index in [0.717, 1.165) is 16.3 Å². The smallest absolute Gasteiger partial charge is 0.140 e. The predicted octanol–water partition coefficient (Wildman–Crippen LogP) is 2.22. The van der Waals surface area contributed by atoms with Crippen LogP contribution in [0.4, 0.5) is 5.69 Å². The number of rotatable bonds is 3. The molecule has 0 aliphatic carbocycles. The van der Waals surface area contributed by atoms with E-state index in [1.807, 2.05) is 18.2 Å². The van der Waals surface area contributed by atoms with E-state index in [1.165, 1.54) is 0 Å². The summed E-state index contributed by atoms with van der Waals surface area (Å²) in [6.07, 6.45) is 3.35. The fourth-order valence-electron chi connectivity index (χ4n) is 1.30. The molecule has 0 bridgehead atoms. The van der Waals surface area contributed by atoms with Crippen LogP contribution in [0.5, 0.6) is 0 Å². The van der Waals surface area contributed by atoms with E-state index in [4.69, 9.17) is 11.0 Å². The molecule has 0 aliphatic heterocycles. The third-order valence-electron chi connectivity index (χ3n) is 2.12. The van der Waals surface area contributed by atoms with Gasteiger partial charge < -0.3 is 5.73 Å². The van der Waals surface area contributed by atoms with Crippen LogP contribution in [0, 0.1) is 11.3 Å². The van der Waals surface area contributed by atoms with Crippen molar-refractivity contribution in [2.45, 2.75) is 10.8 Å². The Kier molecular flexibility index (Phi) is 3.58. The van der Waals surface area contributed by atoms with E-state index in [1.54, 1.807) is 36.3 Å². The standard InChI is InChI=1S/C12H10N4S/c13-7-10-6-9(3-5-15-10)8-17-12-11(14)2-1-4-16-12/h1-6H,8,14H2. The third-order valence-corrected chi connectivity index (χ3v) is 3.21. The fraction of sp³-hybridized carbons (Fsp3) is 0.0833. The molecule has 0 spiro atoms. The molecule has 0 amide bonds. The van der Waals surface area contributed by atoms with E-state index in [9.17, 15) is 0 Å². The van der Waals surface area contributed by atoms with Crippen LogP contribution in [0.15, 0.2) is 41.7 Å². The van der Waals surface area contributed by atoms with E-state index in [-0.39, 0.29) is 0 Å². The van der Waals surface area contributed by atoms with Gasteiger partial charge in [-0.25, -0.2) is 9.97 Å². The number of hydrogen-bond acceptors (Lipinski definition) is 5. The highest BCUT2D eigenvalue weighted by molar-refractivity contribution is 7.98. The molecule has 0 aliphatic rings. The average molecular weight is 242 g/mol. The summed E-state index contributed by atoms with van der Waals surface area (Å²) < 4.78 is 0. The lowest BCUT2D eigenvalue weighted by Crippen LogP contribution is -1.92. The molecule has 2 aromatic heterocycles. The highest BCUT2D eigenvalue weighted by Gasteiger charge is 2.02. The molecular weight excluding hydrogens is 232 g/mol. The topological polar surface area (TPSA) is 75.6 Å². The summed E-state index contributed by atoms with van der Waals surface area (Å²) in [6.45, 7) is 0. The second-order valence-corrected chi connectivity index (χ2v) is 4.31. The van der Waals surface area contributed by atoms with Gasteiger partial charge >= 0.3 is 0 Å². The van der Waals surface area contributed by atoms with Crippen molar-refractivity contribution in [1.82, 2.24) is 9.97 Å². The van der Waals surface area contributed by atoms with Gasteiger partial charge in [-0.15, -0.1) is 0 Å². The summed E-state index contributed by atoms with van der Waals surface area (Å²) >= 11 is 1.55. The maximum absolute atomic E-state index is 8.74. The van der Waals surface area contributed by atoms with Crippen LogP contribution in [-0.2, 0) is 5.75 Å². The first-order chi connectivity index (χ1) is 8.29. The molecule has 0 fully saturated rings. The van der Waals surface area contributed by atoms with E-state index < -0.39 is 0 Å². The van der Waals surface area contributed by atoms with Crippen LogP contribution in [-0.4, -0.2) is 9.97 Å². The molecule has 2 heterocycles. The largest absolute Gasteiger partial charge is 0.397 e. The molecule has 5 heteroatoms. The zero-order valence-electron chi connectivity index (χ0n) is 9.00. The Balaban J connectivity index is 2.08. The van der Waals surface area contributed by atoms with Gasteiger partial charge in [0.05, 0.1) is 5.69 Å². The van der Waals surface area contributed by atoms with Crippen molar-refractivity contribution in [3.05, 3.63) is 47.9 Å². The fourth-order valence-corrected chi connectivity index (χ4v) is 2.15. The van der Waals surface area contributed by atoms with Crippen molar-refractivity contribution < 1.29 is 0 Å². The highest BCUT2D eigenvalue weighted by Crippen LogP contribution is 2.25. The van der Waals surface area contributed by atoms with Gasteiger partial charge in [0, 0.05) is 18.1 Å². The number of hydrogen-bond donors (Lipinski definition) is 1. The number of thioether (sulfide) groups is 1. The maximum atomic E-state index is 8.74. The molecule has 0 radical (unpaired) electrons. The molecule has 0 saturated heterocycles. The van der Waals surface area contributed by atoms with Gasteiger partial charge in [-0.1, -0.05) is 11.8 Å². The zero-order valence-corrected chi connectivity index (χ0v) is 9.81. The van der Waals surface area contributed by atoms with Gasteiger partial charge in [0.25, 0.3) is 0 Å². The Morgan fingerprint density at radius 1 is 1.29 bits per heavy atom. The molecule has 84 valence electrons. The molecule has 2 aromatic rings. The summed E-state index contributed by atoms with van der Waals surface area (Å²) in [7, 11) is 0. The SMILES string of the molecule is N#Cc1cc(CSc2ncccc2N)ccn1. The quantitative estimate of drug-likeness (QED) is 0.835. The minimum Gasteiger partial charge on any atom is -0.397 e. The van der Waals surface area contributed by atoms with Gasteiger partial charge in [0.1, 0.15) is 16.8 Å². The predicted molar refractivity (Wildman–Crippen MR) is 67.2 cm³/mol. The first-order valence-corrected chi connectivity index (χ1v) is 5.96. The van der Waals surface area contributed by atoms with Crippen molar-refractivity contribution in [1.29, 1.82) is 5.26 Å². The number of aromatic nitrogens is 2. The lowest BCUT2D eigenvalue weighted by Gasteiger charge is -2.03. The Morgan fingerprint density at radius 2 is 2.18 bits per heavy atom. The van der Waals surface area contributed by atoms with E-state index in [2.05, 4.69) is 9.97 Å². The minimum atomic E-state index is 0.428. The summed E-state index contributed by atoms with van der Waals surface area (Å²) in [5.74, 6) is 0.721. The van der Waals surface area contributed by atoms with Gasteiger partial charge in [-0.2, -0.15) is 5.26 Å². The molecule has 4 nitrogen and oxygen atoms in total. The Labute approximate surface area is 104 Å². The van der Waals surface area contributed by atoms with Gasteiger partial charge in [-0.05, 0) is 29.8 Å². The van der Waals surface area contributed by atoms with Crippen LogP contribution in [0.2, 0.25) is 0 Å². The van der Waals surface area contributed by atoms with Crippen molar-refractivity contribution in [2.75, 3.05) is 5.73 Å². The number of nitrogens with zero attached hydrogens (tertiary/aromatic N) is 3. The summed E-state index contributed by atoms with van der Waals surface area (Å²) in [5, 5.41) is 9.55. The molecular formula is C12H10N4S. The Bertz CT molecular complexity index is 562. The number of pyridine rings is 2. The molecule has 2 rings (SSSR count). The number of nitriles is 1. The zero-order chi connectivity index (χ0) is 12.1. The monoisotopic (exact) mass is 242 g/mol. The molecule has 0 atom stereocenters. The maximum Gasteiger partial charge on any atom is 0.140 e. The Morgan fingerprint density at radius 3 is 2.94 bits per heavy atom. The van der Waals surface area contributed by atoms with Crippen LogP contribution in [0.3, 0.4) is 0 Å². The van der Waals surface area contributed by atoms with Gasteiger partial charge in [0.15, 0.2) is 0 Å². The van der Waals surface area contributed by atoms with Crippen molar-refractivity contribution in [3.63, 3.8) is 0 Å². The molecule has 0 aromatic carbocycles. The lowest BCUT2D eigenvalue weighted by molar-refractivity contribution is 1.14. The van der Waals surface area contributed by atoms with Crippen LogP contribution < -0.4 is 5.73 Å². The van der Waals surface area contributed by atoms with Crippen molar-refractivity contribution >= 4 is 17.4 Å². The number of nitrogen functional groups attached to an aromatic ring is 1. The van der Waals surface area contributed by atoms with Gasteiger partial charge in [0.2, 0.25) is 0 Å². The lowest BCUT2D eigenvalue weighted by atomic mass is 10.2. The first-order valence-electron chi connectivity index (χ1n) is 4.98. The molecule has 0 saturated carbocycles. The number of anilines is 1. The van der Waals surface area contributed by atoms with Crippen LogP contribution >= 0.6 is 11.8 Å². The second kappa shape index (κ2) is 5.32. The molecule has 17 heavy (non-hydrogen) atoms. The summed E-state index contributed by atoms with van der Waals surface area (Å²) in [4.78, 5) is 8.11. The van der Waals surface area contributed by atoms with Gasteiger partial charge in [-0.3, -0.25) is 0 Å². The van der Waals surface area contributed by atoms with Crippen LogP contribution in [0.1, 0.15) is 11.3 Å². The third kappa shape index (κ3) is 2.95. The van der Waals surface area contributed by atoms with Crippen molar-refractivity contribution in [2.24, 2.45) is 0 Å². The molecule has 0 unspecified atom stereocenters. The minimum absolute atomic E-state index is 0.428. The Hall–Kier alpha value is -2.06. The first kappa shape index (κ1) is 11.4. The van der Waals surface area contributed by atoms with E-state index in [0.29, 0.717) is 11.4 Å². The number of nitrogens with two attached hydrogens (primary N) is 1. The van der Waals surface area contributed by atoms with E-state index >= 15 is 0 Å². The summed E-state index contributed by atoms with van der Waals surface area (Å²) in [5.41, 5.74) is 7.93. The normalized spacial score (nSPS) is 9.82. The average Bonchev–Trinajstić information content (AvgIpc) is 2.38. The van der Waals surface area contributed by atoms with Crippen molar-refractivity contribution in [3.8, 4) is 6.07 Å². The molecule has 2 N–H and O–H groups in total. The van der Waals surface area contributed by atoms with Crippen LogP contribution in [0.25, 0.3) is 0 Å². The highest BCUT2D eigenvalue weighted by atomic mass is 32.2. The second-order valence-electron chi connectivity index (χ2n) is 3.35. The summed E-state index contributed by atoms with van der Waals surface area (Å²) in [6, 6.07) is 9.30.